The fourth-order valence-corrected chi connectivity index (χ4v) is 4.26. The smallest absolute Gasteiger partial charge is 0.240 e. The molecule has 138 valence electrons. The Labute approximate surface area is 166 Å². The van der Waals surface area contributed by atoms with Crippen molar-refractivity contribution in [1.82, 2.24) is 9.99 Å². The van der Waals surface area contributed by atoms with Crippen molar-refractivity contribution in [3.05, 3.63) is 57.4 Å². The number of carbonyl (C=O) groups excluding carboxylic acids is 1. The second-order valence-corrected chi connectivity index (χ2v) is 7.57. The molecule has 0 spiro atoms. The van der Waals surface area contributed by atoms with Crippen LogP contribution in [0.1, 0.15) is 36.8 Å². The van der Waals surface area contributed by atoms with Crippen molar-refractivity contribution in [3.8, 4) is 5.75 Å². The molecule has 3 heterocycles. The number of nitrogens with zero attached hydrogens (tertiary/aromatic N) is 3. The van der Waals surface area contributed by atoms with Gasteiger partial charge in [0.05, 0.1) is 28.8 Å². The Balaban J connectivity index is 1.73. The fourth-order valence-electron chi connectivity index (χ4n) is 3.26. The molecule has 0 saturated carbocycles. The first-order valence-corrected chi connectivity index (χ1v) is 9.96. The summed E-state index contributed by atoms with van der Waals surface area (Å²) in [5, 5.41) is 9.40. The second-order valence-electron chi connectivity index (χ2n) is 6.26. The maximum atomic E-state index is 12.2. The zero-order chi connectivity index (χ0) is 19.0. The van der Waals surface area contributed by atoms with Crippen molar-refractivity contribution in [2.75, 3.05) is 6.61 Å². The van der Waals surface area contributed by atoms with Gasteiger partial charge in [0.25, 0.3) is 0 Å². The van der Waals surface area contributed by atoms with Crippen LogP contribution in [-0.4, -0.2) is 28.2 Å². The summed E-state index contributed by atoms with van der Waals surface area (Å²) < 4.78 is 5.53. The molecule has 0 aliphatic carbocycles. The highest BCUT2D eigenvalue weighted by Gasteiger charge is 2.33. The molecule has 0 bridgehead atoms. The van der Waals surface area contributed by atoms with E-state index in [0.29, 0.717) is 18.2 Å². The van der Waals surface area contributed by atoms with Crippen LogP contribution in [0.5, 0.6) is 5.75 Å². The van der Waals surface area contributed by atoms with E-state index in [1.165, 1.54) is 11.9 Å². The van der Waals surface area contributed by atoms with E-state index < -0.39 is 0 Å². The Morgan fingerprint density at radius 3 is 2.93 bits per heavy atom. The molecule has 27 heavy (non-hydrogen) atoms. The SMILES string of the molecule is CCOc1ccc2cc(C3CC(c4cccs4)=NN3C(C)=O)c(Cl)nc2c1. The van der Waals surface area contributed by atoms with Crippen molar-refractivity contribution in [2.24, 2.45) is 5.10 Å². The molecule has 1 atom stereocenters. The van der Waals surface area contributed by atoms with Crippen LogP contribution in [0.2, 0.25) is 5.15 Å². The molecule has 0 saturated heterocycles. The van der Waals surface area contributed by atoms with Crippen LogP contribution < -0.4 is 4.74 Å². The van der Waals surface area contributed by atoms with Gasteiger partial charge in [-0.2, -0.15) is 5.10 Å². The summed E-state index contributed by atoms with van der Waals surface area (Å²) in [6, 6.07) is 11.5. The lowest BCUT2D eigenvalue weighted by atomic mass is 10.0. The fraction of sp³-hybridized carbons (Fsp3) is 0.250. The standard InChI is InChI=1S/C20H18ClN3O2S/c1-3-26-14-7-6-13-9-15(20(21)22-16(13)10-14)18-11-17(19-5-4-8-27-19)23-24(18)12(2)25/h4-10,18H,3,11H2,1-2H3. The third-order valence-corrected chi connectivity index (χ3v) is 5.70. The molecule has 1 aliphatic rings. The van der Waals surface area contributed by atoms with E-state index in [9.17, 15) is 4.79 Å². The number of hydrogen-bond donors (Lipinski definition) is 0. The Kier molecular flexibility index (Phi) is 4.85. The molecule has 7 heteroatoms. The number of benzene rings is 1. The molecule has 0 N–H and O–H groups in total. The lowest BCUT2D eigenvalue weighted by molar-refractivity contribution is -0.130. The number of amides is 1. The number of halogens is 1. The number of ether oxygens (including phenoxy) is 1. The first-order chi connectivity index (χ1) is 13.1. The highest BCUT2D eigenvalue weighted by molar-refractivity contribution is 7.12. The van der Waals surface area contributed by atoms with Gasteiger partial charge in [0.2, 0.25) is 5.91 Å². The van der Waals surface area contributed by atoms with Gasteiger partial charge in [0, 0.05) is 30.4 Å². The highest BCUT2D eigenvalue weighted by atomic mass is 35.5. The molecule has 5 nitrogen and oxygen atoms in total. The minimum absolute atomic E-state index is 0.116. The van der Waals surface area contributed by atoms with E-state index in [1.54, 1.807) is 11.3 Å². The average Bonchev–Trinajstić information content (AvgIpc) is 3.31. The lowest BCUT2D eigenvalue weighted by Gasteiger charge is -2.21. The van der Waals surface area contributed by atoms with Crippen LogP contribution in [0, 0.1) is 0 Å². The Hall–Kier alpha value is -2.44. The Morgan fingerprint density at radius 2 is 2.22 bits per heavy atom. The summed E-state index contributed by atoms with van der Waals surface area (Å²) in [6.45, 7) is 4.05. The van der Waals surface area contributed by atoms with Crippen molar-refractivity contribution in [3.63, 3.8) is 0 Å². The number of thiophene rings is 1. The van der Waals surface area contributed by atoms with Crippen LogP contribution in [-0.2, 0) is 4.79 Å². The average molecular weight is 400 g/mol. The number of aromatic nitrogens is 1. The largest absolute Gasteiger partial charge is 0.494 e. The number of fused-ring (bicyclic) bond motifs is 1. The molecule has 4 rings (SSSR count). The van der Waals surface area contributed by atoms with Crippen molar-refractivity contribution in [2.45, 2.75) is 26.3 Å². The van der Waals surface area contributed by atoms with Crippen LogP contribution in [0.4, 0.5) is 0 Å². The van der Waals surface area contributed by atoms with Gasteiger partial charge in [-0.05, 0) is 36.6 Å². The van der Waals surface area contributed by atoms with E-state index in [2.05, 4.69) is 10.1 Å². The van der Waals surface area contributed by atoms with E-state index in [1.807, 2.05) is 48.7 Å². The molecular weight excluding hydrogens is 382 g/mol. The van der Waals surface area contributed by atoms with Gasteiger partial charge in [-0.25, -0.2) is 9.99 Å². The second kappa shape index (κ2) is 7.29. The maximum absolute atomic E-state index is 12.2. The monoisotopic (exact) mass is 399 g/mol. The van der Waals surface area contributed by atoms with Gasteiger partial charge in [-0.15, -0.1) is 11.3 Å². The summed E-state index contributed by atoms with van der Waals surface area (Å²) in [6.07, 6.45) is 0.615. The van der Waals surface area contributed by atoms with Crippen molar-refractivity contribution >= 4 is 45.5 Å². The summed E-state index contributed by atoms with van der Waals surface area (Å²) in [4.78, 5) is 17.8. The van der Waals surface area contributed by atoms with E-state index in [0.717, 1.165) is 32.8 Å². The first kappa shape index (κ1) is 17.9. The van der Waals surface area contributed by atoms with Crippen LogP contribution >= 0.6 is 22.9 Å². The maximum Gasteiger partial charge on any atom is 0.240 e. The zero-order valence-corrected chi connectivity index (χ0v) is 16.5. The molecule has 1 aliphatic heterocycles. The molecule has 1 aromatic carbocycles. The molecule has 3 aromatic rings. The normalized spacial score (nSPS) is 16.6. The Morgan fingerprint density at radius 1 is 1.37 bits per heavy atom. The quantitative estimate of drug-likeness (QED) is 0.577. The van der Waals surface area contributed by atoms with Gasteiger partial charge >= 0.3 is 0 Å². The summed E-state index contributed by atoms with van der Waals surface area (Å²) in [5.74, 6) is 0.644. The van der Waals surface area contributed by atoms with Crippen LogP contribution in [0.3, 0.4) is 0 Å². The molecule has 1 amide bonds. The minimum Gasteiger partial charge on any atom is -0.494 e. The lowest BCUT2D eigenvalue weighted by Crippen LogP contribution is -2.24. The van der Waals surface area contributed by atoms with Gasteiger partial charge in [0.15, 0.2) is 0 Å². The van der Waals surface area contributed by atoms with Gasteiger partial charge in [0.1, 0.15) is 10.9 Å². The van der Waals surface area contributed by atoms with Crippen LogP contribution in [0.15, 0.2) is 46.9 Å². The Bertz CT molecular complexity index is 1030. The first-order valence-electron chi connectivity index (χ1n) is 8.71. The van der Waals surface area contributed by atoms with Crippen LogP contribution in [0.25, 0.3) is 10.9 Å². The van der Waals surface area contributed by atoms with E-state index >= 15 is 0 Å². The number of carbonyl (C=O) groups is 1. The predicted molar refractivity (Wildman–Crippen MR) is 109 cm³/mol. The number of hydrogen-bond acceptors (Lipinski definition) is 5. The summed E-state index contributed by atoms with van der Waals surface area (Å²) in [7, 11) is 0. The topological polar surface area (TPSA) is 54.8 Å². The van der Waals surface area contributed by atoms with E-state index in [-0.39, 0.29) is 11.9 Å². The number of pyridine rings is 1. The molecular formula is C20H18ClN3O2S. The summed E-state index contributed by atoms with van der Waals surface area (Å²) >= 11 is 8.13. The minimum atomic E-state index is -0.254. The highest BCUT2D eigenvalue weighted by Crippen LogP contribution is 2.38. The number of hydrazone groups is 1. The predicted octanol–water partition coefficient (Wildman–Crippen LogP) is 5.05. The van der Waals surface area contributed by atoms with Gasteiger partial charge in [-0.3, -0.25) is 4.79 Å². The van der Waals surface area contributed by atoms with Gasteiger partial charge < -0.3 is 4.74 Å². The number of rotatable bonds is 4. The summed E-state index contributed by atoms with van der Waals surface area (Å²) in [5.41, 5.74) is 2.47. The molecule has 0 fully saturated rings. The van der Waals surface area contributed by atoms with Gasteiger partial charge in [-0.1, -0.05) is 17.7 Å². The van der Waals surface area contributed by atoms with Crippen molar-refractivity contribution in [1.29, 1.82) is 0 Å². The van der Waals surface area contributed by atoms with E-state index in [4.69, 9.17) is 16.3 Å². The molecule has 1 unspecified atom stereocenters. The molecule has 2 aromatic heterocycles. The third-order valence-electron chi connectivity index (χ3n) is 4.48. The molecule has 0 radical (unpaired) electrons. The van der Waals surface area contributed by atoms with Crippen molar-refractivity contribution < 1.29 is 9.53 Å². The zero-order valence-electron chi connectivity index (χ0n) is 15.0. The third kappa shape index (κ3) is 3.42.